The molecular weight excluding hydrogens is 244 g/mol. The summed E-state index contributed by atoms with van der Waals surface area (Å²) in [5.41, 5.74) is -0.525. The predicted molar refractivity (Wildman–Crippen MR) is 60.0 cm³/mol. The number of hydrogen-bond acceptors (Lipinski definition) is 5. The third kappa shape index (κ3) is 3.17. The van der Waals surface area contributed by atoms with Crippen LogP contribution in [0.15, 0.2) is 9.95 Å². The summed E-state index contributed by atoms with van der Waals surface area (Å²) in [5.74, 6) is -0.0982. The molecule has 0 spiro atoms. The Morgan fingerprint density at radius 3 is 2.76 bits per heavy atom. The van der Waals surface area contributed by atoms with Crippen molar-refractivity contribution in [3.8, 4) is 6.07 Å². The number of nitrogens with one attached hydrogen (secondary N) is 1. The van der Waals surface area contributed by atoms with E-state index in [1.165, 1.54) is 0 Å². The third-order valence-electron chi connectivity index (χ3n) is 2.27. The Balaban J connectivity index is 2.83. The molecule has 1 heterocycles. The quantitative estimate of drug-likeness (QED) is 0.725. The number of aromatic amines is 1. The number of H-pyrrole nitrogens is 1. The molecule has 0 saturated heterocycles. The number of nitriles is 1. The van der Waals surface area contributed by atoms with Gasteiger partial charge in [-0.05, 0) is 19.8 Å². The van der Waals surface area contributed by atoms with Crippen molar-refractivity contribution in [1.29, 1.82) is 5.26 Å². The Morgan fingerprint density at radius 2 is 2.18 bits per heavy atom. The highest BCUT2D eigenvalue weighted by Crippen LogP contribution is 2.08. The van der Waals surface area contributed by atoms with Crippen molar-refractivity contribution >= 4 is 9.84 Å². The number of hydrogen-bond donors (Lipinski definition) is 1. The van der Waals surface area contributed by atoms with Crippen molar-refractivity contribution in [3.63, 3.8) is 0 Å². The van der Waals surface area contributed by atoms with Crippen LogP contribution in [-0.4, -0.2) is 28.9 Å². The summed E-state index contributed by atoms with van der Waals surface area (Å²) in [7, 11) is -3.55. The number of rotatable bonds is 6. The lowest BCUT2D eigenvalue weighted by Gasteiger charge is -2.03. The first kappa shape index (κ1) is 13.4. The van der Waals surface area contributed by atoms with Crippen LogP contribution >= 0.6 is 0 Å². The summed E-state index contributed by atoms with van der Waals surface area (Å²) in [5, 5.41) is 13.8. The van der Waals surface area contributed by atoms with Crippen molar-refractivity contribution in [2.45, 2.75) is 37.9 Å². The van der Waals surface area contributed by atoms with Gasteiger partial charge in [-0.3, -0.25) is 4.57 Å². The molecular formula is C9H14N4O3S. The molecule has 0 atom stereocenters. The Hall–Kier alpha value is -1.62. The van der Waals surface area contributed by atoms with Gasteiger partial charge in [0.25, 0.3) is 0 Å². The summed E-state index contributed by atoms with van der Waals surface area (Å²) >= 11 is 0. The molecule has 0 aliphatic heterocycles. The molecule has 0 amide bonds. The van der Waals surface area contributed by atoms with Gasteiger partial charge in [0.15, 0.2) is 0 Å². The topological polar surface area (TPSA) is 109 Å². The van der Waals surface area contributed by atoms with Gasteiger partial charge in [0.05, 0.1) is 11.8 Å². The molecule has 7 nitrogen and oxygen atoms in total. The maximum atomic E-state index is 11.9. The highest BCUT2D eigenvalue weighted by molar-refractivity contribution is 7.91. The average molecular weight is 258 g/mol. The van der Waals surface area contributed by atoms with Crippen molar-refractivity contribution in [3.05, 3.63) is 10.5 Å². The highest BCUT2D eigenvalue weighted by Gasteiger charge is 2.21. The first-order valence-corrected chi connectivity index (χ1v) is 6.93. The normalized spacial score (nSPS) is 11.3. The van der Waals surface area contributed by atoms with Gasteiger partial charge in [-0.15, -0.1) is 5.10 Å². The zero-order chi connectivity index (χ0) is 12.9. The second kappa shape index (κ2) is 5.63. The van der Waals surface area contributed by atoms with Gasteiger partial charge in [0.1, 0.15) is 0 Å². The maximum absolute atomic E-state index is 11.9. The molecule has 1 rings (SSSR count). The first-order chi connectivity index (χ1) is 8.03. The van der Waals surface area contributed by atoms with Crippen LogP contribution in [-0.2, 0) is 16.4 Å². The average Bonchev–Trinajstić information content (AvgIpc) is 2.66. The van der Waals surface area contributed by atoms with Crippen molar-refractivity contribution in [2.75, 3.05) is 5.75 Å². The molecule has 0 aromatic carbocycles. The predicted octanol–water partition coefficient (Wildman–Crippen LogP) is 0.0589. The minimum Gasteiger partial charge on any atom is -0.266 e. The minimum absolute atomic E-state index is 0.0982. The van der Waals surface area contributed by atoms with Crippen LogP contribution in [0.5, 0.6) is 0 Å². The van der Waals surface area contributed by atoms with E-state index in [1.54, 1.807) is 6.92 Å². The number of nitrogens with zero attached hydrogens (tertiary/aromatic N) is 3. The first-order valence-electron chi connectivity index (χ1n) is 5.28. The van der Waals surface area contributed by atoms with E-state index in [2.05, 4.69) is 10.2 Å². The number of sulfone groups is 1. The van der Waals surface area contributed by atoms with Gasteiger partial charge in [-0.25, -0.2) is 18.3 Å². The third-order valence-corrected chi connectivity index (χ3v) is 3.96. The van der Waals surface area contributed by atoms with E-state index in [9.17, 15) is 13.2 Å². The zero-order valence-electron chi connectivity index (χ0n) is 9.51. The van der Waals surface area contributed by atoms with Crippen LogP contribution < -0.4 is 5.69 Å². The summed E-state index contributed by atoms with van der Waals surface area (Å²) in [6, 6.07) is 1.95. The Labute approximate surface area is 99.0 Å². The van der Waals surface area contributed by atoms with E-state index < -0.39 is 15.5 Å². The van der Waals surface area contributed by atoms with Gasteiger partial charge in [-0.2, -0.15) is 5.26 Å². The molecule has 0 bridgehead atoms. The molecule has 1 aromatic heterocycles. The van der Waals surface area contributed by atoms with Crippen LogP contribution in [0.2, 0.25) is 0 Å². The highest BCUT2D eigenvalue weighted by atomic mass is 32.2. The zero-order valence-corrected chi connectivity index (χ0v) is 10.3. The van der Waals surface area contributed by atoms with Gasteiger partial charge in [-0.1, -0.05) is 0 Å². The molecule has 1 N–H and O–H groups in total. The molecule has 0 aliphatic rings. The second-order valence-electron chi connectivity index (χ2n) is 3.49. The van der Waals surface area contributed by atoms with Crippen molar-refractivity contribution < 1.29 is 8.42 Å². The SMILES string of the molecule is CCn1c(S(=O)(=O)CCCCC#N)n[nH]c1=O. The molecule has 0 radical (unpaired) electrons. The smallest absolute Gasteiger partial charge is 0.266 e. The van der Waals surface area contributed by atoms with E-state index in [4.69, 9.17) is 5.26 Å². The fourth-order valence-corrected chi connectivity index (χ4v) is 2.91. The lowest BCUT2D eigenvalue weighted by molar-refractivity contribution is 0.561. The van der Waals surface area contributed by atoms with E-state index in [-0.39, 0.29) is 17.5 Å². The lowest BCUT2D eigenvalue weighted by Crippen LogP contribution is -2.21. The van der Waals surface area contributed by atoms with Crippen LogP contribution in [0.4, 0.5) is 0 Å². The summed E-state index contributed by atoms with van der Waals surface area (Å²) in [6.45, 7) is 1.92. The summed E-state index contributed by atoms with van der Waals surface area (Å²) in [6.07, 6.45) is 1.24. The van der Waals surface area contributed by atoms with Gasteiger partial charge in [0, 0.05) is 13.0 Å². The van der Waals surface area contributed by atoms with Crippen LogP contribution in [0.25, 0.3) is 0 Å². The second-order valence-corrected chi connectivity index (χ2v) is 5.49. The lowest BCUT2D eigenvalue weighted by atomic mass is 10.3. The van der Waals surface area contributed by atoms with Crippen LogP contribution in [0.3, 0.4) is 0 Å². The van der Waals surface area contributed by atoms with Crippen molar-refractivity contribution in [2.24, 2.45) is 0 Å². The Bertz CT molecular complexity index is 564. The fourth-order valence-electron chi connectivity index (χ4n) is 1.41. The van der Waals surface area contributed by atoms with Crippen molar-refractivity contribution in [1.82, 2.24) is 14.8 Å². The molecule has 0 saturated carbocycles. The van der Waals surface area contributed by atoms with E-state index >= 15 is 0 Å². The summed E-state index contributed by atoms with van der Waals surface area (Å²) < 4.78 is 24.8. The van der Waals surface area contributed by atoms with Gasteiger partial charge >= 0.3 is 5.69 Å². The molecule has 0 fully saturated rings. The minimum atomic E-state index is -3.55. The fraction of sp³-hybridized carbons (Fsp3) is 0.667. The monoisotopic (exact) mass is 258 g/mol. The molecule has 94 valence electrons. The molecule has 1 aromatic rings. The van der Waals surface area contributed by atoms with Crippen LogP contribution in [0.1, 0.15) is 26.2 Å². The molecule has 8 heteroatoms. The number of aromatic nitrogens is 3. The number of unbranched alkanes of at least 4 members (excludes halogenated alkanes) is 2. The van der Waals surface area contributed by atoms with E-state index in [0.717, 1.165) is 4.57 Å². The molecule has 0 unspecified atom stereocenters. The van der Waals surface area contributed by atoms with Gasteiger partial charge in [0.2, 0.25) is 15.0 Å². The largest absolute Gasteiger partial charge is 0.344 e. The van der Waals surface area contributed by atoms with Gasteiger partial charge < -0.3 is 0 Å². The van der Waals surface area contributed by atoms with E-state index in [0.29, 0.717) is 19.3 Å². The Kier molecular flexibility index (Phi) is 4.45. The molecule has 0 aliphatic carbocycles. The maximum Gasteiger partial charge on any atom is 0.344 e. The summed E-state index contributed by atoms with van der Waals surface area (Å²) in [4.78, 5) is 11.2. The van der Waals surface area contributed by atoms with E-state index in [1.807, 2.05) is 6.07 Å². The van der Waals surface area contributed by atoms with Crippen LogP contribution in [0, 0.1) is 11.3 Å². The molecule has 17 heavy (non-hydrogen) atoms. The standard InChI is InChI=1S/C9H14N4O3S/c1-2-13-8(14)11-12-9(13)17(15,16)7-5-3-4-6-10/h2-5,7H2,1H3,(H,11,14). The Morgan fingerprint density at radius 1 is 1.47 bits per heavy atom.